The number of aromatic nitrogens is 3. The summed E-state index contributed by atoms with van der Waals surface area (Å²) in [6.07, 6.45) is 7.74. The van der Waals surface area contributed by atoms with Gasteiger partial charge in [0, 0.05) is 29.7 Å². The van der Waals surface area contributed by atoms with Crippen LogP contribution in [0.4, 0.5) is 26.0 Å². The summed E-state index contributed by atoms with van der Waals surface area (Å²) in [5.74, 6) is -0.704. The van der Waals surface area contributed by atoms with Crippen molar-refractivity contribution in [3.8, 4) is 23.1 Å². The maximum atomic E-state index is 15.5. The summed E-state index contributed by atoms with van der Waals surface area (Å²) in [5, 5.41) is 9.67. The zero-order chi connectivity index (χ0) is 28.0. The van der Waals surface area contributed by atoms with Crippen molar-refractivity contribution in [3.05, 3.63) is 102 Å². The number of rotatable bonds is 5. The lowest BCUT2D eigenvalue weighted by molar-refractivity contribution is 0.316. The smallest absolute Gasteiger partial charge is 0.191 e. The first-order chi connectivity index (χ1) is 19.4. The molecule has 9 heteroatoms. The number of benzene rings is 1. The van der Waals surface area contributed by atoms with E-state index in [0.29, 0.717) is 17.3 Å². The zero-order valence-corrected chi connectivity index (χ0v) is 22.2. The average Bonchev–Trinajstić information content (AvgIpc) is 2.96. The van der Waals surface area contributed by atoms with Gasteiger partial charge in [0.05, 0.1) is 42.2 Å². The number of ether oxygens (including phenoxy) is 1. The molecule has 1 aromatic carbocycles. The molecule has 1 saturated carbocycles. The first-order valence-electron chi connectivity index (χ1n) is 12.9. The minimum Gasteiger partial charge on any atom is -0.494 e. The van der Waals surface area contributed by atoms with E-state index in [2.05, 4.69) is 27.6 Å². The second-order valence-electron chi connectivity index (χ2n) is 10.1. The summed E-state index contributed by atoms with van der Waals surface area (Å²) >= 11 is 0. The number of methoxy groups -OCH3 is 1. The molecular formula is C31H26F2N6O. The quantitative estimate of drug-likeness (QED) is 0.281. The van der Waals surface area contributed by atoms with Crippen LogP contribution in [0.25, 0.3) is 11.3 Å². The number of pyridine rings is 3. The lowest BCUT2D eigenvalue weighted by Crippen LogP contribution is -2.38. The maximum Gasteiger partial charge on any atom is 0.191 e. The molecule has 0 atom stereocenters. The van der Waals surface area contributed by atoms with E-state index in [4.69, 9.17) is 4.74 Å². The van der Waals surface area contributed by atoms with Crippen LogP contribution in [0.2, 0.25) is 0 Å². The Morgan fingerprint density at radius 3 is 2.50 bits per heavy atom. The summed E-state index contributed by atoms with van der Waals surface area (Å²) in [7, 11) is 1.35. The third-order valence-corrected chi connectivity index (χ3v) is 7.77. The van der Waals surface area contributed by atoms with Crippen LogP contribution < -0.4 is 14.5 Å². The third-order valence-electron chi connectivity index (χ3n) is 7.77. The van der Waals surface area contributed by atoms with Crippen molar-refractivity contribution in [3.63, 3.8) is 0 Å². The van der Waals surface area contributed by atoms with Crippen molar-refractivity contribution < 1.29 is 13.5 Å². The van der Waals surface area contributed by atoms with Crippen LogP contribution in [-0.2, 0) is 12.0 Å². The molecule has 0 radical (unpaired) electrons. The number of halogens is 2. The van der Waals surface area contributed by atoms with Crippen LogP contribution in [0.15, 0.2) is 73.5 Å². The van der Waals surface area contributed by atoms with Crippen molar-refractivity contribution in [2.45, 2.75) is 38.1 Å². The summed E-state index contributed by atoms with van der Waals surface area (Å²) in [5.41, 5.74) is 3.19. The molecule has 1 aliphatic carbocycles. The first kappa shape index (κ1) is 25.4. The number of hydrogen-bond acceptors (Lipinski definition) is 7. The highest BCUT2D eigenvalue weighted by molar-refractivity contribution is 5.79. The molecule has 0 N–H and O–H groups in total. The Balaban J connectivity index is 1.45. The van der Waals surface area contributed by atoms with Gasteiger partial charge in [0.25, 0.3) is 0 Å². The highest BCUT2D eigenvalue weighted by atomic mass is 19.1. The number of aryl methyl sites for hydroxylation is 1. The minimum atomic E-state index is -0.812. The normalized spacial score (nSPS) is 15.7. The van der Waals surface area contributed by atoms with E-state index in [-0.39, 0.29) is 23.5 Å². The predicted octanol–water partition coefficient (Wildman–Crippen LogP) is 6.71. The molecule has 0 bridgehead atoms. The van der Waals surface area contributed by atoms with E-state index in [1.807, 2.05) is 24.3 Å². The number of hydrogen-bond donors (Lipinski definition) is 0. The van der Waals surface area contributed by atoms with Gasteiger partial charge in [-0.05, 0) is 68.1 Å². The SMILES string of the molecule is C=C1N(c2c(F)c(C)cc(OC)c2F)Cc2cnc(-c3ccc(C4(C#N)CCC4)nc3)cc2N1c1ccccn1. The number of fused-ring (bicyclic) bond motifs is 1. The van der Waals surface area contributed by atoms with Crippen molar-refractivity contribution in [1.29, 1.82) is 5.26 Å². The maximum absolute atomic E-state index is 15.5. The Morgan fingerprint density at radius 2 is 1.88 bits per heavy atom. The van der Waals surface area contributed by atoms with Gasteiger partial charge in [-0.15, -0.1) is 0 Å². The third kappa shape index (κ3) is 3.95. The monoisotopic (exact) mass is 536 g/mol. The fraction of sp³-hybridized carbons (Fsp3) is 0.226. The summed E-state index contributed by atoms with van der Waals surface area (Å²) in [6, 6.07) is 14.9. The van der Waals surface area contributed by atoms with Crippen molar-refractivity contribution in [2.24, 2.45) is 0 Å². The van der Waals surface area contributed by atoms with Crippen molar-refractivity contribution in [1.82, 2.24) is 15.0 Å². The molecule has 1 fully saturated rings. The Kier molecular flexibility index (Phi) is 6.18. The summed E-state index contributed by atoms with van der Waals surface area (Å²) in [4.78, 5) is 17.0. The molecule has 4 aromatic rings. The molecule has 4 heterocycles. The molecular weight excluding hydrogens is 510 g/mol. The highest BCUT2D eigenvalue weighted by Crippen LogP contribution is 2.45. The Labute approximate surface area is 231 Å². The van der Waals surface area contributed by atoms with Gasteiger partial charge in [-0.2, -0.15) is 5.26 Å². The number of anilines is 3. The van der Waals surface area contributed by atoms with E-state index in [0.717, 1.165) is 41.8 Å². The van der Waals surface area contributed by atoms with Crippen LogP contribution >= 0.6 is 0 Å². The topological polar surface area (TPSA) is 78.2 Å². The van der Waals surface area contributed by atoms with Gasteiger partial charge in [-0.3, -0.25) is 14.9 Å². The average molecular weight is 537 g/mol. The molecule has 1 aliphatic heterocycles. The minimum absolute atomic E-state index is 0.0543. The number of nitriles is 1. The highest BCUT2D eigenvalue weighted by Gasteiger charge is 2.40. The van der Waals surface area contributed by atoms with Crippen LogP contribution in [0, 0.1) is 29.9 Å². The lowest BCUT2D eigenvalue weighted by atomic mass is 9.67. The lowest BCUT2D eigenvalue weighted by Gasteiger charge is -2.40. The second kappa shape index (κ2) is 9.72. The van der Waals surface area contributed by atoms with Gasteiger partial charge in [0.2, 0.25) is 0 Å². The number of nitrogens with zero attached hydrogens (tertiary/aromatic N) is 6. The largest absolute Gasteiger partial charge is 0.494 e. The molecule has 6 rings (SSSR count). The van der Waals surface area contributed by atoms with Crippen LogP contribution in [0.3, 0.4) is 0 Å². The fourth-order valence-corrected chi connectivity index (χ4v) is 5.32. The van der Waals surface area contributed by atoms with Gasteiger partial charge in [-0.1, -0.05) is 12.6 Å². The zero-order valence-electron chi connectivity index (χ0n) is 22.2. The summed E-state index contributed by atoms with van der Waals surface area (Å²) in [6.45, 7) is 5.93. The summed E-state index contributed by atoms with van der Waals surface area (Å²) < 4.78 is 36.1. The molecule has 0 spiro atoms. The fourth-order valence-electron chi connectivity index (χ4n) is 5.32. The standard InChI is InChI=1S/C31H26F2N6O/c1-19-13-25(40-3)29(33)30(28(19)32)38-17-22-16-36-23(14-24(22)39(20(38)2)27-7-4-5-12-35-27)21-8-9-26(37-15-21)31(18-34)10-6-11-31/h4-5,7-9,12-16H,2,6,10-11,17H2,1,3H3. The van der Waals surface area contributed by atoms with E-state index in [1.54, 1.807) is 42.5 Å². The first-order valence-corrected chi connectivity index (χ1v) is 12.9. The van der Waals surface area contributed by atoms with Crippen molar-refractivity contribution in [2.75, 3.05) is 16.9 Å². The van der Waals surface area contributed by atoms with Crippen LogP contribution in [0.1, 0.15) is 36.1 Å². The van der Waals surface area contributed by atoms with Gasteiger partial charge >= 0.3 is 0 Å². The molecule has 0 unspecified atom stereocenters. The molecule has 40 heavy (non-hydrogen) atoms. The molecule has 200 valence electrons. The van der Waals surface area contributed by atoms with Crippen LogP contribution in [-0.4, -0.2) is 22.1 Å². The Bertz CT molecular complexity index is 1660. The van der Waals surface area contributed by atoms with Crippen LogP contribution in [0.5, 0.6) is 5.75 Å². The molecule has 7 nitrogen and oxygen atoms in total. The van der Waals surface area contributed by atoms with Gasteiger partial charge in [0.15, 0.2) is 17.4 Å². The Morgan fingerprint density at radius 1 is 1.05 bits per heavy atom. The molecule has 0 saturated heterocycles. The van der Waals surface area contributed by atoms with E-state index in [9.17, 15) is 5.26 Å². The Hall–Kier alpha value is -4.84. The van der Waals surface area contributed by atoms with Gasteiger partial charge in [-0.25, -0.2) is 13.8 Å². The van der Waals surface area contributed by atoms with E-state index in [1.165, 1.54) is 18.1 Å². The van der Waals surface area contributed by atoms with E-state index < -0.39 is 17.0 Å². The van der Waals surface area contributed by atoms with E-state index >= 15 is 8.78 Å². The van der Waals surface area contributed by atoms with Gasteiger partial charge in [0.1, 0.15) is 17.3 Å². The second-order valence-corrected chi connectivity index (χ2v) is 10.1. The van der Waals surface area contributed by atoms with Gasteiger partial charge < -0.3 is 9.64 Å². The van der Waals surface area contributed by atoms with Crippen molar-refractivity contribution >= 4 is 17.2 Å². The molecule has 0 amide bonds. The molecule has 2 aliphatic rings. The molecule has 3 aromatic heterocycles. The predicted molar refractivity (Wildman–Crippen MR) is 148 cm³/mol.